The number of nitrogens with zero attached hydrogens (tertiary/aromatic N) is 1. The van der Waals surface area contributed by atoms with Crippen molar-refractivity contribution >= 4 is 0 Å². The predicted octanol–water partition coefficient (Wildman–Crippen LogP) is 1.87. The van der Waals surface area contributed by atoms with Gasteiger partial charge in [0, 0.05) is 33.2 Å². The van der Waals surface area contributed by atoms with Crippen LogP contribution in [0.2, 0.25) is 0 Å². The highest BCUT2D eigenvalue weighted by atomic mass is 16.7. The third kappa shape index (κ3) is 5.31. The Morgan fingerprint density at radius 1 is 1.12 bits per heavy atom. The Kier molecular flexibility index (Phi) is 7.96. The first kappa shape index (κ1) is 20.0. The zero-order chi connectivity index (χ0) is 18.2. The fourth-order valence-corrected chi connectivity index (χ4v) is 3.33. The quantitative estimate of drug-likeness (QED) is 0.458. The molecule has 0 radical (unpaired) electrons. The average Bonchev–Trinajstić information content (AvgIpc) is 2.62. The van der Waals surface area contributed by atoms with Gasteiger partial charge in [-0.25, -0.2) is 0 Å². The van der Waals surface area contributed by atoms with Gasteiger partial charge < -0.3 is 29.2 Å². The maximum atomic E-state index is 5.42. The summed E-state index contributed by atoms with van der Waals surface area (Å²) < 4.78 is 21.1. The van der Waals surface area contributed by atoms with Gasteiger partial charge in [0.1, 0.15) is 0 Å². The minimum Gasteiger partial charge on any atom is -0.493 e. The number of hydrogen-bond donors (Lipinski definition) is 1. The summed E-state index contributed by atoms with van der Waals surface area (Å²) in [4.78, 5) is 2.40. The van der Waals surface area contributed by atoms with E-state index in [0.29, 0.717) is 12.5 Å². The monoisotopic (exact) mass is 352 g/mol. The molecule has 142 valence electrons. The molecule has 0 amide bonds. The van der Waals surface area contributed by atoms with Gasteiger partial charge in [0.05, 0.1) is 14.2 Å². The van der Waals surface area contributed by atoms with E-state index in [1.165, 1.54) is 11.1 Å². The van der Waals surface area contributed by atoms with Crippen LogP contribution in [0.5, 0.6) is 11.5 Å². The predicted molar refractivity (Wildman–Crippen MR) is 98.8 cm³/mol. The van der Waals surface area contributed by atoms with Crippen molar-refractivity contribution < 1.29 is 18.9 Å². The Labute approximate surface area is 151 Å². The third-order valence-electron chi connectivity index (χ3n) is 4.81. The number of fused-ring (bicyclic) bond motifs is 1. The zero-order valence-electron chi connectivity index (χ0n) is 16.1. The van der Waals surface area contributed by atoms with Crippen LogP contribution in [0.25, 0.3) is 0 Å². The van der Waals surface area contributed by atoms with Crippen molar-refractivity contribution in [3.8, 4) is 11.5 Å². The summed E-state index contributed by atoms with van der Waals surface area (Å²) in [6, 6.07) is 4.24. The molecular weight excluding hydrogens is 320 g/mol. The smallest absolute Gasteiger partial charge is 0.169 e. The summed E-state index contributed by atoms with van der Waals surface area (Å²) >= 11 is 0. The van der Waals surface area contributed by atoms with E-state index in [1.807, 2.05) is 0 Å². The molecule has 0 unspecified atom stereocenters. The first-order valence-electron chi connectivity index (χ1n) is 8.82. The number of likely N-dealkylation sites (N-methyl/N-ethyl adjacent to an activating group) is 1. The molecule has 0 aliphatic heterocycles. The van der Waals surface area contributed by atoms with Gasteiger partial charge in [-0.3, -0.25) is 0 Å². The van der Waals surface area contributed by atoms with Crippen molar-refractivity contribution in [2.45, 2.75) is 25.0 Å². The fourth-order valence-electron chi connectivity index (χ4n) is 3.33. The van der Waals surface area contributed by atoms with Crippen LogP contribution >= 0.6 is 0 Å². The first-order chi connectivity index (χ1) is 12.1. The molecule has 0 heterocycles. The first-order valence-corrected chi connectivity index (χ1v) is 8.82. The van der Waals surface area contributed by atoms with Gasteiger partial charge in [-0.05, 0) is 56.2 Å². The lowest BCUT2D eigenvalue weighted by Gasteiger charge is -2.34. The second-order valence-corrected chi connectivity index (χ2v) is 6.53. The molecule has 1 atom stereocenters. The normalized spacial score (nSPS) is 16.0. The van der Waals surface area contributed by atoms with E-state index in [2.05, 4.69) is 29.4 Å². The van der Waals surface area contributed by atoms with Crippen molar-refractivity contribution in [2.24, 2.45) is 0 Å². The molecule has 0 spiro atoms. The van der Waals surface area contributed by atoms with Crippen LogP contribution < -0.4 is 14.8 Å². The van der Waals surface area contributed by atoms with Crippen LogP contribution in [0.15, 0.2) is 12.1 Å². The number of rotatable bonds is 12. The lowest BCUT2D eigenvalue weighted by Crippen LogP contribution is -2.34. The molecule has 0 saturated carbocycles. The van der Waals surface area contributed by atoms with Gasteiger partial charge in [0.15, 0.2) is 17.8 Å². The van der Waals surface area contributed by atoms with E-state index in [4.69, 9.17) is 18.9 Å². The van der Waals surface area contributed by atoms with Crippen LogP contribution in [0, 0.1) is 0 Å². The molecule has 0 saturated heterocycles. The standard InChI is InChI=1S/C19H32N2O4/c1-21(8-6-7-20-12-19(24-4)25-5)13-15-9-14-10-17(22-2)18(23-3)11-16(14)15/h10-11,15,19-20H,6-9,12-13H2,1-5H3/t15-/m1/s1. The Morgan fingerprint density at radius 3 is 2.44 bits per heavy atom. The SMILES string of the molecule is COc1cc2c(cc1OC)[C@@H](CN(C)CCCNCC(OC)OC)C2. The second kappa shape index (κ2) is 9.97. The molecule has 1 aromatic carbocycles. The summed E-state index contributed by atoms with van der Waals surface area (Å²) in [5.74, 6) is 2.23. The molecule has 6 nitrogen and oxygen atoms in total. The van der Waals surface area contributed by atoms with Gasteiger partial charge in [0.2, 0.25) is 0 Å². The number of ether oxygens (including phenoxy) is 4. The molecule has 1 aliphatic carbocycles. The molecule has 6 heteroatoms. The number of methoxy groups -OCH3 is 4. The molecule has 2 rings (SSSR count). The number of benzene rings is 1. The Morgan fingerprint density at radius 2 is 1.80 bits per heavy atom. The molecule has 0 bridgehead atoms. The largest absolute Gasteiger partial charge is 0.493 e. The van der Waals surface area contributed by atoms with E-state index in [9.17, 15) is 0 Å². The lowest BCUT2D eigenvalue weighted by molar-refractivity contribution is -0.0986. The van der Waals surface area contributed by atoms with Gasteiger partial charge in [-0.1, -0.05) is 0 Å². The van der Waals surface area contributed by atoms with E-state index < -0.39 is 0 Å². The van der Waals surface area contributed by atoms with Crippen molar-refractivity contribution in [1.29, 1.82) is 0 Å². The second-order valence-electron chi connectivity index (χ2n) is 6.53. The Bertz CT molecular complexity index is 534. The van der Waals surface area contributed by atoms with Gasteiger partial charge in [-0.15, -0.1) is 0 Å². The molecule has 1 aromatic rings. The number of hydrogen-bond acceptors (Lipinski definition) is 6. The van der Waals surface area contributed by atoms with Gasteiger partial charge >= 0.3 is 0 Å². The topological polar surface area (TPSA) is 52.2 Å². The molecule has 1 aliphatic rings. The summed E-state index contributed by atoms with van der Waals surface area (Å²) in [6.07, 6.45) is 2.04. The van der Waals surface area contributed by atoms with Crippen molar-refractivity contribution in [1.82, 2.24) is 10.2 Å². The molecule has 1 N–H and O–H groups in total. The summed E-state index contributed by atoms with van der Waals surface area (Å²) in [5.41, 5.74) is 2.77. The highest BCUT2D eigenvalue weighted by Crippen LogP contribution is 2.42. The van der Waals surface area contributed by atoms with E-state index in [0.717, 1.165) is 44.0 Å². The van der Waals surface area contributed by atoms with E-state index in [1.54, 1.807) is 28.4 Å². The van der Waals surface area contributed by atoms with Gasteiger partial charge in [0.25, 0.3) is 0 Å². The molecule has 0 aromatic heterocycles. The maximum Gasteiger partial charge on any atom is 0.169 e. The minimum absolute atomic E-state index is 0.170. The van der Waals surface area contributed by atoms with Crippen LogP contribution in [0.4, 0.5) is 0 Å². The van der Waals surface area contributed by atoms with Crippen molar-refractivity contribution in [3.63, 3.8) is 0 Å². The van der Waals surface area contributed by atoms with Crippen LogP contribution in [0.3, 0.4) is 0 Å². The van der Waals surface area contributed by atoms with Crippen molar-refractivity contribution in [2.75, 3.05) is 61.7 Å². The van der Waals surface area contributed by atoms with E-state index in [-0.39, 0.29) is 6.29 Å². The van der Waals surface area contributed by atoms with E-state index >= 15 is 0 Å². The fraction of sp³-hybridized carbons (Fsp3) is 0.684. The molecular formula is C19H32N2O4. The maximum absolute atomic E-state index is 5.42. The average molecular weight is 352 g/mol. The van der Waals surface area contributed by atoms with Crippen molar-refractivity contribution in [3.05, 3.63) is 23.3 Å². The summed E-state index contributed by atoms with van der Waals surface area (Å²) in [5, 5.41) is 3.36. The van der Waals surface area contributed by atoms with Gasteiger partial charge in [-0.2, -0.15) is 0 Å². The number of nitrogens with one attached hydrogen (secondary N) is 1. The van der Waals surface area contributed by atoms with Crippen LogP contribution in [0.1, 0.15) is 23.5 Å². The molecule has 25 heavy (non-hydrogen) atoms. The molecule has 0 fully saturated rings. The zero-order valence-corrected chi connectivity index (χ0v) is 16.1. The highest BCUT2D eigenvalue weighted by molar-refractivity contribution is 5.53. The Hall–Kier alpha value is -1.34. The summed E-state index contributed by atoms with van der Waals surface area (Å²) in [7, 11) is 8.87. The third-order valence-corrected chi connectivity index (χ3v) is 4.81. The lowest BCUT2D eigenvalue weighted by atomic mass is 9.77. The summed E-state index contributed by atoms with van der Waals surface area (Å²) in [6.45, 7) is 3.81. The van der Waals surface area contributed by atoms with Crippen LogP contribution in [-0.2, 0) is 15.9 Å². The van der Waals surface area contributed by atoms with Crippen LogP contribution in [-0.4, -0.2) is 72.9 Å². The highest BCUT2D eigenvalue weighted by Gasteiger charge is 2.29. The Balaban J connectivity index is 1.71. The minimum atomic E-state index is -0.170.